The number of halogens is 2. The highest BCUT2D eigenvalue weighted by atomic mass is 35.5. The number of carbonyl (C=O) groups is 3. The number of nitrogens with zero attached hydrogens (tertiary/aromatic N) is 2. The van der Waals surface area contributed by atoms with Gasteiger partial charge in [-0.3, -0.25) is 14.4 Å². The minimum Gasteiger partial charge on any atom is -0.497 e. The van der Waals surface area contributed by atoms with Gasteiger partial charge in [0, 0.05) is 42.7 Å². The van der Waals surface area contributed by atoms with Crippen molar-refractivity contribution in [3.8, 4) is 5.75 Å². The maximum atomic E-state index is 14.9. The zero-order chi connectivity index (χ0) is 32.5. The molecule has 3 aromatic carbocycles. The van der Waals surface area contributed by atoms with Crippen LogP contribution in [0.5, 0.6) is 5.75 Å². The van der Waals surface area contributed by atoms with Crippen molar-refractivity contribution in [3.05, 3.63) is 123 Å². The van der Waals surface area contributed by atoms with E-state index in [2.05, 4.69) is 5.32 Å². The number of nitrogens with one attached hydrogen (secondary N) is 1. The molecule has 0 saturated carbocycles. The summed E-state index contributed by atoms with van der Waals surface area (Å²) in [5.41, 5.74) is 1.78. The van der Waals surface area contributed by atoms with Crippen molar-refractivity contribution in [2.24, 2.45) is 5.92 Å². The SMILES string of the molecule is COc1ccc(C2C(C(=O)c3cc(C)oc3C)C(c3ccc(Cl)cc3)N(C(=O)c3cccc(F)c3)C2C(=O)N2CCNCC2)cc1. The first-order valence-electron chi connectivity index (χ1n) is 15.3. The number of rotatable bonds is 7. The Morgan fingerprint density at radius 2 is 1.61 bits per heavy atom. The molecule has 2 fully saturated rings. The van der Waals surface area contributed by atoms with Gasteiger partial charge in [-0.05, 0) is 73.5 Å². The van der Waals surface area contributed by atoms with E-state index in [-0.39, 0.29) is 17.3 Å². The van der Waals surface area contributed by atoms with E-state index in [1.54, 1.807) is 68.3 Å². The van der Waals surface area contributed by atoms with Crippen molar-refractivity contribution >= 4 is 29.2 Å². The highest BCUT2D eigenvalue weighted by Crippen LogP contribution is 2.52. The van der Waals surface area contributed by atoms with Crippen LogP contribution in [0.25, 0.3) is 0 Å². The molecule has 2 aliphatic heterocycles. The third kappa shape index (κ3) is 5.92. The summed E-state index contributed by atoms with van der Waals surface area (Å²) in [5.74, 6) is -1.73. The van der Waals surface area contributed by atoms with Gasteiger partial charge >= 0.3 is 0 Å². The van der Waals surface area contributed by atoms with Gasteiger partial charge < -0.3 is 24.3 Å². The van der Waals surface area contributed by atoms with E-state index in [1.165, 1.54) is 23.1 Å². The molecule has 4 unspecified atom stereocenters. The first-order chi connectivity index (χ1) is 22.2. The number of amides is 2. The number of hydrogen-bond acceptors (Lipinski definition) is 6. The standard InChI is InChI=1S/C36H35ClFN3O5/c1-21-19-29(22(2)46-21)34(42)31-30(23-9-13-28(45-3)14-10-23)33(36(44)40-17-15-39-16-18-40)41(32(31)24-7-11-26(37)12-8-24)35(43)25-5-4-6-27(38)20-25/h4-14,19-20,30-33,39H,15-18H2,1-3H3. The maximum Gasteiger partial charge on any atom is 0.255 e. The van der Waals surface area contributed by atoms with Crippen LogP contribution >= 0.6 is 11.6 Å². The second-order valence-corrected chi connectivity index (χ2v) is 12.2. The number of aryl methyl sites for hydroxylation is 2. The molecule has 4 aromatic rings. The van der Waals surface area contributed by atoms with Gasteiger partial charge in [-0.2, -0.15) is 0 Å². The van der Waals surface area contributed by atoms with Gasteiger partial charge in [-0.25, -0.2) is 4.39 Å². The van der Waals surface area contributed by atoms with Gasteiger partial charge in [-0.1, -0.05) is 41.9 Å². The van der Waals surface area contributed by atoms with Crippen LogP contribution in [-0.4, -0.2) is 66.7 Å². The van der Waals surface area contributed by atoms with Crippen LogP contribution in [0.4, 0.5) is 4.39 Å². The Bertz CT molecular complexity index is 1750. The second kappa shape index (κ2) is 13.1. The average molecular weight is 644 g/mol. The molecule has 238 valence electrons. The zero-order valence-corrected chi connectivity index (χ0v) is 26.6. The summed E-state index contributed by atoms with van der Waals surface area (Å²) in [6.07, 6.45) is 0. The fraction of sp³-hybridized carbons (Fsp3) is 0.306. The summed E-state index contributed by atoms with van der Waals surface area (Å²) in [6.45, 7) is 5.58. The fourth-order valence-corrected chi connectivity index (χ4v) is 7.01. The molecule has 1 N–H and O–H groups in total. The molecule has 8 nitrogen and oxygen atoms in total. The summed E-state index contributed by atoms with van der Waals surface area (Å²) in [4.78, 5) is 47.6. The largest absolute Gasteiger partial charge is 0.497 e. The molecular formula is C36H35ClFN3O5. The van der Waals surface area contributed by atoms with E-state index >= 15 is 0 Å². The molecule has 46 heavy (non-hydrogen) atoms. The van der Waals surface area contributed by atoms with Gasteiger partial charge in [0.15, 0.2) is 5.78 Å². The minimum absolute atomic E-state index is 0.0778. The quantitative estimate of drug-likeness (QED) is 0.249. The second-order valence-electron chi connectivity index (χ2n) is 11.8. The number of carbonyl (C=O) groups excluding carboxylic acids is 3. The highest BCUT2D eigenvalue weighted by molar-refractivity contribution is 6.30. The molecule has 1 aromatic heterocycles. The molecule has 0 radical (unpaired) electrons. The third-order valence-electron chi connectivity index (χ3n) is 8.98. The van der Waals surface area contributed by atoms with Gasteiger partial charge in [0.2, 0.25) is 5.91 Å². The van der Waals surface area contributed by atoms with Crippen LogP contribution in [0.2, 0.25) is 5.02 Å². The van der Waals surface area contributed by atoms with Crippen LogP contribution in [0.15, 0.2) is 83.3 Å². The lowest BCUT2D eigenvalue weighted by atomic mass is 9.76. The number of furan rings is 1. The number of hydrogen-bond donors (Lipinski definition) is 1. The van der Waals surface area contributed by atoms with Crippen LogP contribution in [0, 0.1) is 25.6 Å². The van der Waals surface area contributed by atoms with Gasteiger partial charge in [0.1, 0.15) is 29.1 Å². The van der Waals surface area contributed by atoms with Crippen LogP contribution in [-0.2, 0) is 4.79 Å². The van der Waals surface area contributed by atoms with Gasteiger partial charge in [-0.15, -0.1) is 0 Å². The number of piperazine rings is 1. The number of benzene rings is 3. The van der Waals surface area contributed by atoms with E-state index in [0.717, 1.165) is 6.07 Å². The van der Waals surface area contributed by atoms with Crippen molar-refractivity contribution in [2.75, 3.05) is 33.3 Å². The summed E-state index contributed by atoms with van der Waals surface area (Å²) >= 11 is 6.30. The number of methoxy groups -OCH3 is 1. The maximum absolute atomic E-state index is 14.9. The molecule has 2 amide bonds. The van der Waals surface area contributed by atoms with E-state index in [9.17, 15) is 18.8 Å². The zero-order valence-electron chi connectivity index (χ0n) is 25.8. The molecule has 0 aliphatic carbocycles. The monoisotopic (exact) mass is 643 g/mol. The first kappa shape index (κ1) is 31.5. The topological polar surface area (TPSA) is 92.1 Å². The number of likely N-dealkylation sites (tertiary alicyclic amines) is 1. The Morgan fingerprint density at radius 3 is 2.22 bits per heavy atom. The molecule has 2 saturated heterocycles. The number of ketones is 1. The van der Waals surface area contributed by atoms with Crippen LogP contribution in [0.3, 0.4) is 0 Å². The molecule has 4 atom stereocenters. The minimum atomic E-state index is -1.09. The first-order valence-corrected chi connectivity index (χ1v) is 15.6. The summed E-state index contributed by atoms with van der Waals surface area (Å²) < 4.78 is 25.8. The Morgan fingerprint density at radius 1 is 0.935 bits per heavy atom. The predicted molar refractivity (Wildman–Crippen MR) is 172 cm³/mol. The van der Waals surface area contributed by atoms with Crippen LogP contribution < -0.4 is 10.1 Å². The molecule has 2 aliphatic rings. The Balaban J connectivity index is 1.63. The van der Waals surface area contributed by atoms with Gasteiger partial charge in [0.25, 0.3) is 5.91 Å². The smallest absolute Gasteiger partial charge is 0.255 e. The fourth-order valence-electron chi connectivity index (χ4n) is 6.89. The molecular weight excluding hydrogens is 609 g/mol. The van der Waals surface area contributed by atoms with E-state index in [0.29, 0.717) is 65.2 Å². The van der Waals surface area contributed by atoms with E-state index in [1.807, 2.05) is 12.1 Å². The van der Waals surface area contributed by atoms with Crippen LogP contribution in [0.1, 0.15) is 55.3 Å². The number of ether oxygens (including phenoxy) is 1. The Labute approximate surface area is 272 Å². The van der Waals surface area contributed by atoms with Gasteiger partial charge in [0.05, 0.1) is 24.6 Å². The number of Topliss-reactive ketones (excluding diaryl/α,β-unsaturated/α-hetero) is 1. The Kier molecular flexibility index (Phi) is 8.97. The van der Waals surface area contributed by atoms with Crippen molar-refractivity contribution in [3.63, 3.8) is 0 Å². The van der Waals surface area contributed by atoms with Crippen molar-refractivity contribution < 1.29 is 27.9 Å². The van der Waals surface area contributed by atoms with E-state index in [4.69, 9.17) is 20.8 Å². The molecule has 6 rings (SSSR count). The van der Waals surface area contributed by atoms with Crippen molar-refractivity contribution in [2.45, 2.75) is 31.8 Å². The third-order valence-corrected chi connectivity index (χ3v) is 9.23. The van der Waals surface area contributed by atoms with Crippen molar-refractivity contribution in [1.82, 2.24) is 15.1 Å². The summed E-state index contributed by atoms with van der Waals surface area (Å²) in [7, 11) is 1.56. The molecule has 10 heteroatoms. The Hall–Kier alpha value is -4.47. The van der Waals surface area contributed by atoms with E-state index < -0.39 is 35.6 Å². The summed E-state index contributed by atoms with van der Waals surface area (Å²) in [5, 5.41) is 3.75. The normalized spacial score (nSPS) is 21.3. The lowest BCUT2D eigenvalue weighted by molar-refractivity contribution is -0.136. The summed E-state index contributed by atoms with van der Waals surface area (Å²) in [6, 6.07) is 19.3. The lowest BCUT2D eigenvalue weighted by Crippen LogP contribution is -2.55. The average Bonchev–Trinajstić information content (AvgIpc) is 3.61. The lowest BCUT2D eigenvalue weighted by Gasteiger charge is -2.36. The predicted octanol–water partition coefficient (Wildman–Crippen LogP) is 5.98. The highest BCUT2D eigenvalue weighted by Gasteiger charge is 2.58. The molecule has 3 heterocycles. The molecule has 0 spiro atoms. The molecule has 0 bridgehead atoms. The van der Waals surface area contributed by atoms with Crippen molar-refractivity contribution in [1.29, 1.82) is 0 Å².